The summed E-state index contributed by atoms with van der Waals surface area (Å²) in [5.41, 5.74) is 0. The monoisotopic (exact) mass is 324 g/mol. The first-order valence-corrected chi connectivity index (χ1v) is 7.95. The first kappa shape index (κ1) is 17.6. The molecule has 0 aromatic carbocycles. The molecule has 2 aliphatic heterocycles. The average molecular weight is 324 g/mol. The zero-order valence-corrected chi connectivity index (χ0v) is 13.9. The zero-order chi connectivity index (χ0) is 17.1. The van der Waals surface area contributed by atoms with Gasteiger partial charge in [-0.25, -0.2) is 0 Å². The van der Waals surface area contributed by atoms with Gasteiger partial charge in [0.25, 0.3) is 0 Å². The minimum Gasteiger partial charge on any atom is -0.294 e. The fourth-order valence-electron chi connectivity index (χ4n) is 2.99. The van der Waals surface area contributed by atoms with Crippen molar-refractivity contribution in [3.05, 3.63) is 0 Å². The standard InChI is InChI=1S/C15H24N4O4/c1-4-10(2)19-14(22)8-17(9-15(19)23)5-11(3)18-6-12(20)16-13(21)7-18/h10-11H,4-9H2,1-3H3,(H,16,20,21). The summed E-state index contributed by atoms with van der Waals surface area (Å²) in [7, 11) is 0. The number of nitrogens with one attached hydrogen (secondary N) is 1. The van der Waals surface area contributed by atoms with E-state index in [0.717, 1.165) is 6.42 Å². The number of nitrogens with zero attached hydrogens (tertiary/aromatic N) is 3. The van der Waals surface area contributed by atoms with Crippen molar-refractivity contribution in [3.63, 3.8) is 0 Å². The molecule has 1 N–H and O–H groups in total. The van der Waals surface area contributed by atoms with Crippen molar-refractivity contribution in [1.82, 2.24) is 20.0 Å². The van der Waals surface area contributed by atoms with Crippen LogP contribution >= 0.6 is 0 Å². The number of piperazine rings is 2. The van der Waals surface area contributed by atoms with Crippen LogP contribution in [0.1, 0.15) is 27.2 Å². The predicted molar refractivity (Wildman–Crippen MR) is 82.2 cm³/mol. The van der Waals surface area contributed by atoms with Crippen molar-refractivity contribution in [1.29, 1.82) is 0 Å². The van der Waals surface area contributed by atoms with Gasteiger partial charge < -0.3 is 0 Å². The highest BCUT2D eigenvalue weighted by Crippen LogP contribution is 2.13. The van der Waals surface area contributed by atoms with Gasteiger partial charge in [-0.1, -0.05) is 6.92 Å². The van der Waals surface area contributed by atoms with E-state index in [4.69, 9.17) is 0 Å². The number of imide groups is 2. The Balaban J connectivity index is 1.94. The van der Waals surface area contributed by atoms with Gasteiger partial charge in [0.15, 0.2) is 0 Å². The number of carbonyl (C=O) groups excluding carboxylic acids is 4. The maximum absolute atomic E-state index is 12.2. The number of rotatable bonds is 5. The van der Waals surface area contributed by atoms with Gasteiger partial charge >= 0.3 is 0 Å². The van der Waals surface area contributed by atoms with Crippen LogP contribution in [-0.2, 0) is 19.2 Å². The number of amides is 4. The van der Waals surface area contributed by atoms with Crippen LogP contribution in [0.2, 0.25) is 0 Å². The van der Waals surface area contributed by atoms with E-state index in [2.05, 4.69) is 5.32 Å². The van der Waals surface area contributed by atoms with Crippen LogP contribution in [0.4, 0.5) is 0 Å². The van der Waals surface area contributed by atoms with Crippen LogP contribution in [0.25, 0.3) is 0 Å². The van der Waals surface area contributed by atoms with Gasteiger partial charge in [-0.15, -0.1) is 0 Å². The van der Waals surface area contributed by atoms with E-state index >= 15 is 0 Å². The minimum absolute atomic E-state index is 0.0852. The second-order valence-corrected chi connectivity index (χ2v) is 6.31. The smallest absolute Gasteiger partial charge is 0.243 e. The van der Waals surface area contributed by atoms with Crippen molar-refractivity contribution in [3.8, 4) is 0 Å². The van der Waals surface area contributed by atoms with Crippen LogP contribution in [0.3, 0.4) is 0 Å². The largest absolute Gasteiger partial charge is 0.294 e. The summed E-state index contributed by atoms with van der Waals surface area (Å²) in [6.07, 6.45) is 0.735. The lowest BCUT2D eigenvalue weighted by Crippen LogP contribution is -2.60. The number of hydrogen-bond acceptors (Lipinski definition) is 6. The average Bonchev–Trinajstić information content (AvgIpc) is 2.45. The normalized spacial score (nSPS) is 23.9. The molecule has 0 aromatic rings. The second kappa shape index (κ2) is 7.18. The lowest BCUT2D eigenvalue weighted by atomic mass is 10.1. The predicted octanol–water partition coefficient (Wildman–Crippen LogP) is -1.20. The molecule has 23 heavy (non-hydrogen) atoms. The molecular weight excluding hydrogens is 300 g/mol. The molecule has 2 aliphatic rings. The molecule has 0 saturated carbocycles. The second-order valence-electron chi connectivity index (χ2n) is 6.31. The van der Waals surface area contributed by atoms with Crippen molar-refractivity contribution in [2.75, 3.05) is 32.7 Å². The lowest BCUT2D eigenvalue weighted by molar-refractivity contribution is -0.154. The van der Waals surface area contributed by atoms with Crippen molar-refractivity contribution in [2.24, 2.45) is 0 Å². The third kappa shape index (κ3) is 4.14. The fraction of sp³-hybridized carbons (Fsp3) is 0.733. The summed E-state index contributed by atoms with van der Waals surface area (Å²) in [5, 5.41) is 2.26. The SMILES string of the molecule is CCC(C)N1C(=O)CN(CC(C)N2CC(=O)NC(=O)C2)CC1=O. The van der Waals surface area contributed by atoms with E-state index in [1.807, 2.05) is 20.8 Å². The maximum Gasteiger partial charge on any atom is 0.243 e. The van der Waals surface area contributed by atoms with E-state index in [1.54, 1.807) is 9.80 Å². The molecule has 0 aliphatic carbocycles. The molecule has 8 nitrogen and oxygen atoms in total. The van der Waals surface area contributed by atoms with E-state index in [1.165, 1.54) is 4.90 Å². The molecule has 2 saturated heterocycles. The van der Waals surface area contributed by atoms with Gasteiger partial charge in [-0.2, -0.15) is 0 Å². The van der Waals surface area contributed by atoms with Crippen LogP contribution < -0.4 is 5.32 Å². The Kier molecular flexibility index (Phi) is 5.48. The van der Waals surface area contributed by atoms with Crippen LogP contribution in [-0.4, -0.2) is 83.1 Å². The first-order chi connectivity index (χ1) is 10.8. The Hall–Kier alpha value is -1.80. The molecule has 2 fully saturated rings. The van der Waals surface area contributed by atoms with Gasteiger partial charge in [0.2, 0.25) is 23.6 Å². The molecule has 8 heteroatoms. The van der Waals surface area contributed by atoms with Gasteiger partial charge in [0, 0.05) is 18.6 Å². The molecule has 0 bridgehead atoms. The minimum atomic E-state index is -0.318. The van der Waals surface area contributed by atoms with Crippen LogP contribution in [0.15, 0.2) is 0 Å². The maximum atomic E-state index is 12.2. The summed E-state index contributed by atoms with van der Waals surface area (Å²) < 4.78 is 0. The summed E-state index contributed by atoms with van der Waals surface area (Å²) >= 11 is 0. The Morgan fingerprint density at radius 2 is 1.43 bits per heavy atom. The van der Waals surface area contributed by atoms with Gasteiger partial charge in [-0.3, -0.25) is 39.2 Å². The highest BCUT2D eigenvalue weighted by Gasteiger charge is 2.35. The summed E-state index contributed by atoms with van der Waals surface area (Å²) in [5.74, 6) is -1.01. The molecule has 2 atom stereocenters. The molecule has 2 heterocycles. The molecule has 0 aromatic heterocycles. The Labute approximate surface area is 135 Å². The summed E-state index contributed by atoms with van der Waals surface area (Å²) in [6.45, 7) is 6.85. The van der Waals surface area contributed by atoms with E-state index in [-0.39, 0.29) is 61.9 Å². The molecular formula is C15H24N4O4. The molecule has 0 radical (unpaired) electrons. The van der Waals surface area contributed by atoms with Crippen LogP contribution in [0, 0.1) is 0 Å². The Morgan fingerprint density at radius 1 is 0.913 bits per heavy atom. The molecule has 2 rings (SSSR count). The third-order valence-electron chi connectivity index (χ3n) is 4.40. The zero-order valence-electron chi connectivity index (χ0n) is 13.9. The van der Waals surface area contributed by atoms with Crippen molar-refractivity contribution < 1.29 is 19.2 Å². The lowest BCUT2D eigenvalue weighted by Gasteiger charge is -2.39. The van der Waals surface area contributed by atoms with Crippen molar-refractivity contribution >= 4 is 23.6 Å². The number of hydrogen-bond donors (Lipinski definition) is 1. The first-order valence-electron chi connectivity index (χ1n) is 7.95. The molecule has 2 unspecified atom stereocenters. The van der Waals surface area contributed by atoms with Crippen LogP contribution in [0.5, 0.6) is 0 Å². The Bertz CT molecular complexity index is 488. The summed E-state index contributed by atoms with van der Waals surface area (Å²) in [4.78, 5) is 52.2. The Morgan fingerprint density at radius 3 is 1.91 bits per heavy atom. The van der Waals surface area contributed by atoms with Crippen molar-refractivity contribution in [2.45, 2.75) is 39.3 Å². The molecule has 0 spiro atoms. The third-order valence-corrected chi connectivity index (χ3v) is 4.40. The quantitative estimate of drug-likeness (QED) is 0.639. The van der Waals surface area contributed by atoms with E-state index in [9.17, 15) is 19.2 Å². The van der Waals surface area contributed by atoms with Gasteiger partial charge in [0.05, 0.1) is 26.2 Å². The highest BCUT2D eigenvalue weighted by molar-refractivity contribution is 6.00. The molecule has 4 amide bonds. The topological polar surface area (TPSA) is 90.0 Å². The van der Waals surface area contributed by atoms with E-state index in [0.29, 0.717) is 6.54 Å². The van der Waals surface area contributed by atoms with E-state index < -0.39 is 0 Å². The van der Waals surface area contributed by atoms with Gasteiger partial charge in [-0.05, 0) is 20.3 Å². The van der Waals surface area contributed by atoms with Gasteiger partial charge in [0.1, 0.15) is 0 Å². The summed E-state index contributed by atoms with van der Waals surface area (Å²) in [6, 6.07) is -0.182. The highest BCUT2D eigenvalue weighted by atomic mass is 16.2. The molecule has 128 valence electrons. The fourth-order valence-corrected chi connectivity index (χ4v) is 2.99. The number of carbonyl (C=O) groups is 4.